The summed E-state index contributed by atoms with van der Waals surface area (Å²) in [5.74, 6) is 1.87. The summed E-state index contributed by atoms with van der Waals surface area (Å²) < 4.78 is 5.86. The van der Waals surface area contributed by atoms with Gasteiger partial charge in [0.25, 0.3) is 0 Å². The van der Waals surface area contributed by atoms with Crippen molar-refractivity contribution >= 4 is 11.6 Å². The van der Waals surface area contributed by atoms with Crippen LogP contribution in [0.5, 0.6) is 11.5 Å². The van der Waals surface area contributed by atoms with Crippen molar-refractivity contribution in [2.75, 3.05) is 31.1 Å². The molecular formula is C25H26N2O2. The van der Waals surface area contributed by atoms with Crippen LogP contribution < -0.4 is 9.64 Å². The fourth-order valence-electron chi connectivity index (χ4n) is 3.56. The average Bonchev–Trinajstić information content (AvgIpc) is 2.77. The Labute approximate surface area is 172 Å². The zero-order valence-corrected chi connectivity index (χ0v) is 16.8. The van der Waals surface area contributed by atoms with Crippen LogP contribution in [0.2, 0.25) is 0 Å². The Morgan fingerprint density at radius 1 is 0.793 bits per heavy atom. The van der Waals surface area contributed by atoms with E-state index in [0.29, 0.717) is 6.42 Å². The van der Waals surface area contributed by atoms with Crippen molar-refractivity contribution in [2.24, 2.45) is 0 Å². The highest BCUT2D eigenvalue weighted by atomic mass is 16.5. The van der Waals surface area contributed by atoms with E-state index in [1.54, 1.807) is 0 Å². The highest BCUT2D eigenvalue weighted by Gasteiger charge is 2.21. The zero-order valence-electron chi connectivity index (χ0n) is 16.8. The van der Waals surface area contributed by atoms with Crippen molar-refractivity contribution in [1.82, 2.24) is 4.90 Å². The van der Waals surface area contributed by atoms with Crippen LogP contribution in [0.3, 0.4) is 0 Å². The molecule has 0 atom stereocenters. The molecule has 29 heavy (non-hydrogen) atoms. The van der Waals surface area contributed by atoms with Gasteiger partial charge < -0.3 is 14.5 Å². The molecule has 0 spiro atoms. The van der Waals surface area contributed by atoms with Crippen LogP contribution in [-0.4, -0.2) is 37.0 Å². The van der Waals surface area contributed by atoms with E-state index in [1.807, 2.05) is 59.5 Å². The van der Waals surface area contributed by atoms with E-state index in [4.69, 9.17) is 4.74 Å². The Balaban J connectivity index is 1.30. The fourth-order valence-corrected chi connectivity index (χ4v) is 3.56. The molecule has 0 saturated carbocycles. The molecule has 3 aromatic carbocycles. The molecule has 148 valence electrons. The summed E-state index contributed by atoms with van der Waals surface area (Å²) in [4.78, 5) is 16.9. The van der Waals surface area contributed by atoms with Crippen molar-refractivity contribution in [3.63, 3.8) is 0 Å². The van der Waals surface area contributed by atoms with E-state index in [-0.39, 0.29) is 5.91 Å². The first-order valence-corrected chi connectivity index (χ1v) is 10.1. The van der Waals surface area contributed by atoms with E-state index < -0.39 is 0 Å². The van der Waals surface area contributed by atoms with E-state index >= 15 is 0 Å². The van der Waals surface area contributed by atoms with Crippen molar-refractivity contribution < 1.29 is 9.53 Å². The van der Waals surface area contributed by atoms with Crippen molar-refractivity contribution in [3.8, 4) is 11.5 Å². The van der Waals surface area contributed by atoms with Gasteiger partial charge in [0.2, 0.25) is 5.91 Å². The van der Waals surface area contributed by atoms with Crippen LogP contribution in [0, 0.1) is 6.92 Å². The maximum absolute atomic E-state index is 12.6. The maximum atomic E-state index is 12.6. The molecule has 4 rings (SSSR count). The van der Waals surface area contributed by atoms with Gasteiger partial charge in [0, 0.05) is 31.9 Å². The molecule has 0 radical (unpaired) electrons. The van der Waals surface area contributed by atoms with Crippen LogP contribution in [-0.2, 0) is 11.2 Å². The summed E-state index contributed by atoms with van der Waals surface area (Å²) in [5, 5.41) is 0. The van der Waals surface area contributed by atoms with Gasteiger partial charge in [-0.1, -0.05) is 48.0 Å². The van der Waals surface area contributed by atoms with Gasteiger partial charge in [-0.3, -0.25) is 4.79 Å². The fraction of sp³-hybridized carbons (Fsp3) is 0.240. The molecule has 1 fully saturated rings. The number of benzene rings is 3. The molecular weight excluding hydrogens is 360 g/mol. The molecule has 4 nitrogen and oxygen atoms in total. The predicted molar refractivity (Wildman–Crippen MR) is 117 cm³/mol. The molecule has 1 aliphatic rings. The number of nitrogens with zero attached hydrogens (tertiary/aromatic N) is 2. The lowest BCUT2D eigenvalue weighted by Crippen LogP contribution is -2.49. The lowest BCUT2D eigenvalue weighted by molar-refractivity contribution is -0.130. The van der Waals surface area contributed by atoms with Crippen molar-refractivity contribution in [1.29, 1.82) is 0 Å². The number of piperazine rings is 1. The van der Waals surface area contributed by atoms with Crippen LogP contribution >= 0.6 is 0 Å². The monoisotopic (exact) mass is 386 g/mol. The summed E-state index contributed by atoms with van der Waals surface area (Å²) in [6, 6.07) is 26.2. The minimum Gasteiger partial charge on any atom is -0.457 e. The van der Waals surface area contributed by atoms with Crippen LogP contribution in [0.25, 0.3) is 0 Å². The van der Waals surface area contributed by atoms with Gasteiger partial charge in [0.1, 0.15) is 11.5 Å². The van der Waals surface area contributed by atoms with Gasteiger partial charge in [-0.15, -0.1) is 0 Å². The molecule has 0 unspecified atom stereocenters. The lowest BCUT2D eigenvalue weighted by atomic mass is 10.1. The number of ether oxygens (including phenoxy) is 1. The zero-order chi connectivity index (χ0) is 20.1. The highest BCUT2D eigenvalue weighted by molar-refractivity contribution is 5.79. The first-order valence-electron chi connectivity index (χ1n) is 10.1. The lowest BCUT2D eigenvalue weighted by Gasteiger charge is -2.36. The van der Waals surface area contributed by atoms with Gasteiger partial charge >= 0.3 is 0 Å². The topological polar surface area (TPSA) is 32.8 Å². The number of para-hydroxylation sites is 1. The summed E-state index contributed by atoms with van der Waals surface area (Å²) >= 11 is 0. The Bertz CT molecular complexity index is 929. The number of hydrogen-bond acceptors (Lipinski definition) is 3. The standard InChI is InChI=1S/C25H26N2O2/c1-20-7-9-21(10-8-20)19-25(28)27-17-15-26(16-18-27)22-11-13-24(14-12-22)29-23-5-3-2-4-6-23/h2-14H,15-19H2,1H3. The summed E-state index contributed by atoms with van der Waals surface area (Å²) in [5.41, 5.74) is 3.46. The quantitative estimate of drug-likeness (QED) is 0.638. The van der Waals surface area contributed by atoms with E-state index in [9.17, 15) is 4.79 Å². The number of carbonyl (C=O) groups excluding carboxylic acids is 1. The van der Waals surface area contributed by atoms with Gasteiger partial charge in [-0.25, -0.2) is 0 Å². The Morgan fingerprint density at radius 3 is 2.07 bits per heavy atom. The molecule has 0 bridgehead atoms. The van der Waals surface area contributed by atoms with Gasteiger partial charge in [-0.2, -0.15) is 0 Å². The van der Waals surface area contributed by atoms with Crippen LogP contribution in [0.4, 0.5) is 5.69 Å². The molecule has 4 heteroatoms. The second kappa shape index (κ2) is 8.82. The predicted octanol–water partition coefficient (Wildman–Crippen LogP) is 4.68. The Kier molecular flexibility index (Phi) is 5.80. The molecule has 1 aliphatic heterocycles. The third-order valence-electron chi connectivity index (χ3n) is 5.29. The molecule has 0 N–H and O–H groups in total. The number of amides is 1. The largest absolute Gasteiger partial charge is 0.457 e. The number of anilines is 1. The van der Waals surface area contributed by atoms with Crippen LogP contribution in [0.1, 0.15) is 11.1 Å². The number of carbonyl (C=O) groups is 1. The maximum Gasteiger partial charge on any atom is 0.227 e. The molecule has 3 aromatic rings. The summed E-state index contributed by atoms with van der Waals surface area (Å²) in [7, 11) is 0. The van der Waals surface area contributed by atoms with Crippen LogP contribution in [0.15, 0.2) is 78.9 Å². The van der Waals surface area contributed by atoms with Gasteiger partial charge in [0.05, 0.1) is 6.42 Å². The number of rotatable bonds is 5. The number of hydrogen-bond donors (Lipinski definition) is 0. The highest BCUT2D eigenvalue weighted by Crippen LogP contribution is 2.25. The molecule has 0 aliphatic carbocycles. The second-order valence-corrected chi connectivity index (χ2v) is 7.44. The second-order valence-electron chi connectivity index (χ2n) is 7.44. The molecule has 0 aromatic heterocycles. The Morgan fingerprint density at radius 2 is 1.41 bits per heavy atom. The van der Waals surface area contributed by atoms with Crippen molar-refractivity contribution in [3.05, 3.63) is 90.0 Å². The first kappa shape index (κ1) is 19.1. The third-order valence-corrected chi connectivity index (χ3v) is 5.29. The van der Waals surface area contributed by atoms with Gasteiger partial charge in [0.15, 0.2) is 0 Å². The average molecular weight is 386 g/mol. The summed E-state index contributed by atoms with van der Waals surface area (Å²) in [6.45, 7) is 5.27. The minimum absolute atomic E-state index is 0.208. The van der Waals surface area contributed by atoms with E-state index in [0.717, 1.165) is 48.9 Å². The third kappa shape index (κ3) is 4.96. The SMILES string of the molecule is Cc1ccc(CC(=O)N2CCN(c3ccc(Oc4ccccc4)cc3)CC2)cc1. The molecule has 1 saturated heterocycles. The minimum atomic E-state index is 0.208. The first-order chi connectivity index (χ1) is 14.2. The normalized spacial score (nSPS) is 14.0. The molecule has 1 heterocycles. The van der Waals surface area contributed by atoms with E-state index in [1.165, 1.54) is 5.56 Å². The van der Waals surface area contributed by atoms with E-state index in [2.05, 4.69) is 36.1 Å². The smallest absolute Gasteiger partial charge is 0.227 e. The molecule has 1 amide bonds. The summed E-state index contributed by atoms with van der Waals surface area (Å²) in [6.07, 6.45) is 0.478. The Hall–Kier alpha value is -3.27. The van der Waals surface area contributed by atoms with Gasteiger partial charge in [-0.05, 0) is 48.9 Å². The number of aryl methyl sites for hydroxylation is 1. The van der Waals surface area contributed by atoms with Crippen molar-refractivity contribution in [2.45, 2.75) is 13.3 Å².